The van der Waals surface area contributed by atoms with E-state index in [0.29, 0.717) is 0 Å². The van der Waals surface area contributed by atoms with Crippen LogP contribution in [0.25, 0.3) is 0 Å². The fourth-order valence-electron chi connectivity index (χ4n) is 0. The van der Waals surface area contributed by atoms with Crippen molar-refractivity contribution in [2.75, 3.05) is 0 Å². The zero-order chi connectivity index (χ0) is 2.71. The zero-order valence-electron chi connectivity index (χ0n) is 2.91. The van der Waals surface area contributed by atoms with Crippen molar-refractivity contribution in [3.05, 3.63) is 0 Å². The monoisotopic (exact) mass is 274 g/mol. The molecular weight excluding hydrogens is 267 g/mol. The third-order valence-corrected chi connectivity index (χ3v) is 0. The van der Waals surface area contributed by atoms with Crippen molar-refractivity contribution in [2.24, 2.45) is 0 Å². The van der Waals surface area contributed by atoms with Crippen molar-refractivity contribution < 1.29 is 0 Å². The van der Waals surface area contributed by atoms with Crippen LogP contribution in [0.3, 0.4) is 0 Å². The third-order valence-electron chi connectivity index (χ3n) is 0. The summed E-state index contributed by atoms with van der Waals surface area (Å²) in [5, 5.41) is 0. The van der Waals surface area contributed by atoms with Crippen molar-refractivity contribution in [2.45, 2.75) is 8.97 Å². The second-order valence-corrected chi connectivity index (χ2v) is 4.39. The fraction of sp³-hybridized carbons (Fsp3) is 1.00. The summed E-state index contributed by atoms with van der Waals surface area (Å²) in [7, 11) is 0. The van der Waals surface area contributed by atoms with E-state index >= 15 is 0 Å². The van der Waals surface area contributed by atoms with E-state index in [1.807, 2.05) is 0 Å². The molecule has 0 rings (SSSR count). The van der Waals surface area contributed by atoms with E-state index in [0.717, 1.165) is 0 Å². The van der Waals surface area contributed by atoms with E-state index in [-0.39, 0.29) is 36.6 Å². The van der Waals surface area contributed by atoms with Gasteiger partial charge in [0, 0.05) is 0 Å². The van der Waals surface area contributed by atoms with E-state index in [1.165, 1.54) is 0 Å². The molecule has 0 saturated carbocycles. The van der Waals surface area contributed by atoms with E-state index in [9.17, 15) is 0 Å². The summed E-state index contributed by atoms with van der Waals surface area (Å²) >= 11 is 0.0833. The van der Waals surface area contributed by atoms with Crippen LogP contribution in [-0.2, 0) is 0 Å². The molecule has 26 valence electrons. The average molecular weight is 274 g/mol. The Bertz CT molecular complexity index is 6.00. The van der Waals surface area contributed by atoms with E-state index < -0.39 is 0 Å². The van der Waals surface area contributed by atoms with Crippen molar-refractivity contribution in [3.63, 3.8) is 0 Å². The molecule has 0 amide bonds. The van der Waals surface area contributed by atoms with Crippen LogP contribution in [0.5, 0.6) is 0 Å². The quantitative estimate of drug-likeness (QED) is 0.582. The topological polar surface area (TPSA) is 0 Å². The molecular formula is C2H7ClPb. The number of hydrogen-bond donors (Lipinski definition) is 0. The molecule has 0 aliphatic rings. The summed E-state index contributed by atoms with van der Waals surface area (Å²) in [6.45, 7) is 0. The van der Waals surface area contributed by atoms with Crippen LogP contribution < -0.4 is 0 Å². The molecule has 0 aliphatic heterocycles. The SMILES string of the molecule is Cl.[CH3][Pb][CH3]. The molecule has 4 heavy (non-hydrogen) atoms. The number of hydrogen-bond acceptors (Lipinski definition) is 0. The average Bonchev–Trinajstić information content (AvgIpc) is 0.918. The molecule has 2 radical (unpaired) electrons. The van der Waals surface area contributed by atoms with Gasteiger partial charge in [0.2, 0.25) is 0 Å². The van der Waals surface area contributed by atoms with Crippen LogP contribution >= 0.6 is 12.4 Å². The van der Waals surface area contributed by atoms with Gasteiger partial charge in [0.1, 0.15) is 0 Å². The van der Waals surface area contributed by atoms with Crippen LogP contribution in [0.2, 0.25) is 8.97 Å². The predicted molar refractivity (Wildman–Crippen MR) is 24.7 cm³/mol. The molecule has 0 N–H and O–H groups in total. The minimum atomic E-state index is 0. The first kappa shape index (κ1) is 8.96. The first-order valence-electron chi connectivity index (χ1n) is 1.00. The van der Waals surface area contributed by atoms with Gasteiger partial charge in [-0.25, -0.2) is 0 Å². The van der Waals surface area contributed by atoms with Gasteiger partial charge in [-0.3, -0.25) is 0 Å². The van der Waals surface area contributed by atoms with Crippen LogP contribution in [0.15, 0.2) is 0 Å². The summed E-state index contributed by atoms with van der Waals surface area (Å²) in [6.07, 6.45) is 0. The Morgan fingerprint density at radius 2 is 1.25 bits per heavy atom. The maximum absolute atomic E-state index is 2.32. The second-order valence-electron chi connectivity index (χ2n) is 0.500. The van der Waals surface area contributed by atoms with Crippen molar-refractivity contribution in [1.29, 1.82) is 0 Å². The summed E-state index contributed by atoms with van der Waals surface area (Å²) < 4.78 is 4.64. The molecule has 0 aromatic rings. The number of rotatable bonds is 0. The predicted octanol–water partition coefficient (Wildman–Crippen LogP) is 1.21. The molecule has 0 unspecified atom stereocenters. The van der Waals surface area contributed by atoms with Crippen LogP contribution in [0, 0.1) is 0 Å². The van der Waals surface area contributed by atoms with Gasteiger partial charge in [-0.15, -0.1) is 12.4 Å². The van der Waals surface area contributed by atoms with Gasteiger partial charge >= 0.3 is 33.2 Å². The molecule has 0 aromatic heterocycles. The minimum absolute atomic E-state index is 0. The second kappa shape index (κ2) is 8.88. The Morgan fingerprint density at radius 1 is 1.25 bits per heavy atom. The standard InChI is InChI=1S/2CH3.ClH.Pb/h2*1H3;1H;. The van der Waals surface area contributed by atoms with Crippen LogP contribution in [-0.4, -0.2) is 24.2 Å². The van der Waals surface area contributed by atoms with Crippen molar-refractivity contribution in [3.8, 4) is 0 Å². The molecule has 0 fully saturated rings. The van der Waals surface area contributed by atoms with Gasteiger partial charge < -0.3 is 0 Å². The molecule has 0 nitrogen and oxygen atoms in total. The van der Waals surface area contributed by atoms with Crippen molar-refractivity contribution in [1.82, 2.24) is 0 Å². The first-order chi connectivity index (χ1) is 1.41. The summed E-state index contributed by atoms with van der Waals surface area (Å²) in [4.78, 5) is 0. The zero-order valence-corrected chi connectivity index (χ0v) is 7.61. The summed E-state index contributed by atoms with van der Waals surface area (Å²) in [5.74, 6) is 0. The molecule has 0 bridgehead atoms. The van der Waals surface area contributed by atoms with Gasteiger partial charge in [0.15, 0.2) is 0 Å². The first-order valence-corrected chi connectivity index (χ1v) is 8.77. The van der Waals surface area contributed by atoms with Crippen LogP contribution in [0.1, 0.15) is 0 Å². The summed E-state index contributed by atoms with van der Waals surface area (Å²) in [6, 6.07) is 0. The summed E-state index contributed by atoms with van der Waals surface area (Å²) in [5.41, 5.74) is 0. The fourth-order valence-corrected chi connectivity index (χ4v) is 0. The molecule has 0 heterocycles. The molecule has 0 spiro atoms. The van der Waals surface area contributed by atoms with Crippen molar-refractivity contribution >= 4 is 36.6 Å². The van der Waals surface area contributed by atoms with E-state index in [1.54, 1.807) is 0 Å². The Balaban J connectivity index is 0. The normalized spacial score (nSPS) is 4.50. The Hall–Kier alpha value is 1.21. The van der Waals surface area contributed by atoms with Gasteiger partial charge in [-0.05, 0) is 0 Å². The number of halogens is 1. The Morgan fingerprint density at radius 3 is 1.25 bits per heavy atom. The molecule has 2 heteroatoms. The van der Waals surface area contributed by atoms with E-state index in [4.69, 9.17) is 0 Å². The van der Waals surface area contributed by atoms with E-state index in [2.05, 4.69) is 8.97 Å². The molecule has 0 aromatic carbocycles. The van der Waals surface area contributed by atoms with Gasteiger partial charge in [0.05, 0.1) is 0 Å². The Labute approximate surface area is 45.6 Å². The van der Waals surface area contributed by atoms with Gasteiger partial charge in [0.25, 0.3) is 0 Å². The van der Waals surface area contributed by atoms with Crippen LogP contribution in [0.4, 0.5) is 0 Å². The Kier molecular flexibility index (Phi) is 19.9. The molecule has 0 atom stereocenters. The molecule has 0 saturated heterocycles. The maximum atomic E-state index is 2.32. The van der Waals surface area contributed by atoms with Gasteiger partial charge in [-0.2, -0.15) is 0 Å². The third kappa shape index (κ3) is 10.7. The van der Waals surface area contributed by atoms with Gasteiger partial charge in [-0.1, -0.05) is 0 Å². The molecule has 0 aliphatic carbocycles.